The summed E-state index contributed by atoms with van der Waals surface area (Å²) in [5, 5.41) is 0.399. The summed E-state index contributed by atoms with van der Waals surface area (Å²) in [7, 11) is 2.91. The number of esters is 1. The normalized spacial score (nSPS) is 11.0. The number of hydrogen-bond acceptors (Lipinski definition) is 6. The van der Waals surface area contributed by atoms with E-state index in [1.54, 1.807) is 25.3 Å². The molecular weight excluding hydrogens is 384 g/mol. The van der Waals surface area contributed by atoms with Crippen LogP contribution < -0.4 is 15.0 Å². The minimum atomic E-state index is -0.482. The summed E-state index contributed by atoms with van der Waals surface area (Å²) in [6.45, 7) is 2.72. The molecule has 3 aromatic rings. The Morgan fingerprint density at radius 2 is 1.93 bits per heavy atom. The lowest BCUT2D eigenvalue weighted by molar-refractivity contribution is 0.0601. The van der Waals surface area contributed by atoms with E-state index < -0.39 is 5.97 Å². The van der Waals surface area contributed by atoms with E-state index in [4.69, 9.17) is 14.2 Å². The lowest BCUT2D eigenvalue weighted by atomic mass is 10.1. The third-order valence-electron chi connectivity index (χ3n) is 4.52. The highest BCUT2D eigenvalue weighted by Gasteiger charge is 2.09. The molecular formula is C23H24N2O5. The van der Waals surface area contributed by atoms with Crippen molar-refractivity contribution in [2.24, 2.45) is 0 Å². The van der Waals surface area contributed by atoms with Crippen LogP contribution >= 0.6 is 0 Å². The van der Waals surface area contributed by atoms with Crippen LogP contribution in [0, 0.1) is 0 Å². The van der Waals surface area contributed by atoms with Crippen LogP contribution in [0.1, 0.15) is 41.5 Å². The van der Waals surface area contributed by atoms with Gasteiger partial charge in [0.05, 0.1) is 37.3 Å². The Morgan fingerprint density at radius 1 is 1.10 bits per heavy atom. The van der Waals surface area contributed by atoms with Gasteiger partial charge in [-0.15, -0.1) is 0 Å². The number of aromatic nitrogens is 2. The van der Waals surface area contributed by atoms with E-state index in [2.05, 4.69) is 16.9 Å². The summed E-state index contributed by atoms with van der Waals surface area (Å²) < 4.78 is 15.9. The number of methoxy groups -OCH3 is 2. The molecule has 0 amide bonds. The van der Waals surface area contributed by atoms with E-state index in [1.807, 2.05) is 24.3 Å². The number of fused-ring (bicyclic) bond motifs is 1. The van der Waals surface area contributed by atoms with E-state index in [0.717, 1.165) is 18.4 Å². The number of unbranched alkanes of at least 4 members (excludes halogenated alkanes) is 1. The van der Waals surface area contributed by atoms with Crippen molar-refractivity contribution in [2.75, 3.05) is 20.8 Å². The fraction of sp³-hybridized carbons (Fsp3) is 0.261. The Balaban J connectivity index is 1.90. The van der Waals surface area contributed by atoms with Crippen molar-refractivity contribution >= 4 is 29.0 Å². The predicted molar refractivity (Wildman–Crippen MR) is 116 cm³/mol. The first-order chi connectivity index (χ1) is 14.5. The first kappa shape index (κ1) is 21.1. The SMILES string of the molecule is CCCCOc1cc(C=Cc2nc3cc(C(=O)OC)ccc3c(=O)[nH]2)ccc1OC. The summed E-state index contributed by atoms with van der Waals surface area (Å²) in [4.78, 5) is 31.3. The average molecular weight is 408 g/mol. The van der Waals surface area contributed by atoms with E-state index in [9.17, 15) is 9.59 Å². The van der Waals surface area contributed by atoms with Crippen molar-refractivity contribution in [2.45, 2.75) is 19.8 Å². The maximum Gasteiger partial charge on any atom is 0.337 e. The van der Waals surface area contributed by atoms with Gasteiger partial charge in [-0.25, -0.2) is 9.78 Å². The topological polar surface area (TPSA) is 90.5 Å². The molecule has 1 N–H and O–H groups in total. The zero-order valence-corrected chi connectivity index (χ0v) is 17.2. The molecule has 0 spiro atoms. The van der Waals surface area contributed by atoms with Crippen molar-refractivity contribution in [3.05, 3.63) is 63.7 Å². The van der Waals surface area contributed by atoms with Crippen LogP contribution in [0.15, 0.2) is 41.2 Å². The van der Waals surface area contributed by atoms with Gasteiger partial charge < -0.3 is 19.2 Å². The standard InChI is InChI=1S/C23H24N2O5/c1-4-5-12-30-20-13-15(6-10-19(20)28-2)7-11-21-24-18-14-16(23(27)29-3)8-9-17(18)22(26)25-21/h6-11,13-14H,4-5,12H2,1-3H3,(H,24,25,26). The summed E-state index contributed by atoms with van der Waals surface area (Å²) in [5.41, 5.74) is 1.34. The minimum Gasteiger partial charge on any atom is -0.493 e. The summed E-state index contributed by atoms with van der Waals surface area (Å²) >= 11 is 0. The largest absolute Gasteiger partial charge is 0.493 e. The third kappa shape index (κ3) is 4.86. The first-order valence-electron chi connectivity index (χ1n) is 9.67. The van der Waals surface area contributed by atoms with Crippen LogP contribution in [0.3, 0.4) is 0 Å². The van der Waals surface area contributed by atoms with Gasteiger partial charge in [-0.1, -0.05) is 25.5 Å². The number of H-pyrrole nitrogens is 1. The molecule has 7 heteroatoms. The van der Waals surface area contributed by atoms with Crippen molar-refractivity contribution in [1.82, 2.24) is 9.97 Å². The van der Waals surface area contributed by atoms with Gasteiger partial charge in [-0.2, -0.15) is 0 Å². The van der Waals surface area contributed by atoms with E-state index in [1.165, 1.54) is 13.2 Å². The Morgan fingerprint density at radius 3 is 2.67 bits per heavy atom. The molecule has 0 saturated heterocycles. The number of ether oxygens (including phenoxy) is 3. The molecule has 1 aromatic heterocycles. The van der Waals surface area contributed by atoms with Gasteiger partial charge >= 0.3 is 5.97 Å². The van der Waals surface area contributed by atoms with E-state index in [0.29, 0.717) is 40.4 Å². The molecule has 0 radical (unpaired) electrons. The zero-order valence-electron chi connectivity index (χ0n) is 17.2. The van der Waals surface area contributed by atoms with Crippen LogP contribution in [0.4, 0.5) is 0 Å². The highest BCUT2D eigenvalue weighted by Crippen LogP contribution is 2.29. The molecule has 2 aromatic carbocycles. The summed E-state index contributed by atoms with van der Waals surface area (Å²) in [5.74, 6) is 1.22. The van der Waals surface area contributed by atoms with E-state index in [-0.39, 0.29) is 5.56 Å². The Kier molecular flexibility index (Phi) is 6.85. The molecule has 7 nitrogen and oxygen atoms in total. The number of carbonyl (C=O) groups excluding carboxylic acids is 1. The number of benzene rings is 2. The van der Waals surface area contributed by atoms with Gasteiger partial charge in [-0.3, -0.25) is 4.79 Å². The van der Waals surface area contributed by atoms with Gasteiger partial charge in [-0.05, 0) is 48.4 Å². The molecule has 1 heterocycles. The molecule has 30 heavy (non-hydrogen) atoms. The molecule has 0 aliphatic heterocycles. The lowest BCUT2D eigenvalue weighted by Crippen LogP contribution is -2.11. The number of hydrogen-bond donors (Lipinski definition) is 1. The minimum absolute atomic E-state index is 0.283. The molecule has 0 fully saturated rings. The third-order valence-corrected chi connectivity index (χ3v) is 4.52. The number of rotatable bonds is 8. The van der Waals surface area contributed by atoms with E-state index >= 15 is 0 Å². The van der Waals surface area contributed by atoms with Gasteiger partial charge in [0.1, 0.15) is 5.82 Å². The molecule has 0 saturated carbocycles. The average Bonchev–Trinajstić information content (AvgIpc) is 2.77. The molecule has 3 rings (SSSR count). The van der Waals surface area contributed by atoms with Crippen LogP contribution in [-0.2, 0) is 4.74 Å². The summed E-state index contributed by atoms with van der Waals surface area (Å²) in [6.07, 6.45) is 5.52. The number of nitrogens with zero attached hydrogens (tertiary/aromatic N) is 1. The quantitative estimate of drug-likeness (QED) is 0.446. The molecule has 156 valence electrons. The van der Waals surface area contributed by atoms with Crippen LogP contribution in [0.25, 0.3) is 23.1 Å². The Bertz CT molecular complexity index is 1130. The highest BCUT2D eigenvalue weighted by atomic mass is 16.5. The number of nitrogens with one attached hydrogen (secondary N) is 1. The smallest absolute Gasteiger partial charge is 0.337 e. The fourth-order valence-electron chi connectivity index (χ4n) is 2.89. The number of carbonyl (C=O) groups is 1. The fourth-order valence-corrected chi connectivity index (χ4v) is 2.89. The monoisotopic (exact) mass is 408 g/mol. The molecule has 0 bridgehead atoms. The second-order valence-corrected chi connectivity index (χ2v) is 6.62. The Labute approximate surface area is 174 Å². The van der Waals surface area contributed by atoms with Gasteiger partial charge in [0.2, 0.25) is 0 Å². The second kappa shape index (κ2) is 9.73. The van der Waals surface area contributed by atoms with Gasteiger partial charge in [0, 0.05) is 0 Å². The van der Waals surface area contributed by atoms with Crippen LogP contribution in [-0.4, -0.2) is 36.8 Å². The second-order valence-electron chi connectivity index (χ2n) is 6.62. The summed E-state index contributed by atoms with van der Waals surface area (Å²) in [6, 6.07) is 10.2. The van der Waals surface area contributed by atoms with Crippen molar-refractivity contribution < 1.29 is 19.0 Å². The van der Waals surface area contributed by atoms with Gasteiger partial charge in [0.25, 0.3) is 5.56 Å². The van der Waals surface area contributed by atoms with Gasteiger partial charge in [0.15, 0.2) is 11.5 Å². The zero-order chi connectivity index (χ0) is 21.5. The molecule has 0 aliphatic rings. The molecule has 0 atom stereocenters. The highest BCUT2D eigenvalue weighted by molar-refractivity contribution is 5.94. The maximum atomic E-state index is 12.4. The van der Waals surface area contributed by atoms with Crippen molar-refractivity contribution in [1.29, 1.82) is 0 Å². The van der Waals surface area contributed by atoms with Crippen LogP contribution in [0.5, 0.6) is 11.5 Å². The first-order valence-corrected chi connectivity index (χ1v) is 9.67. The molecule has 0 aliphatic carbocycles. The maximum absolute atomic E-state index is 12.4. The number of aromatic amines is 1. The van der Waals surface area contributed by atoms with Crippen LogP contribution in [0.2, 0.25) is 0 Å². The predicted octanol–water partition coefficient (Wildman–Crippen LogP) is 4.07. The lowest BCUT2D eigenvalue weighted by Gasteiger charge is -2.11. The van der Waals surface area contributed by atoms with Crippen molar-refractivity contribution in [3.63, 3.8) is 0 Å². The Hall–Kier alpha value is -3.61. The van der Waals surface area contributed by atoms with Crippen molar-refractivity contribution in [3.8, 4) is 11.5 Å². The molecule has 0 unspecified atom stereocenters.